The van der Waals surface area contributed by atoms with Crippen molar-refractivity contribution in [2.45, 2.75) is 72.1 Å². The van der Waals surface area contributed by atoms with Crippen LogP contribution in [0.15, 0.2) is 4.52 Å². The standard InChI is InChI=1S/C14H25NO/c1-5-7-8-9-10-13(6-2)14-11(3)15-16-12(14)4/h13H,5-10H2,1-4H3. The molecule has 0 aromatic carbocycles. The van der Waals surface area contributed by atoms with Crippen molar-refractivity contribution in [3.8, 4) is 0 Å². The minimum atomic E-state index is 0.642. The van der Waals surface area contributed by atoms with E-state index in [1.807, 2.05) is 6.92 Å². The van der Waals surface area contributed by atoms with Gasteiger partial charge in [-0.25, -0.2) is 0 Å². The van der Waals surface area contributed by atoms with E-state index in [-0.39, 0.29) is 0 Å². The fourth-order valence-corrected chi connectivity index (χ4v) is 2.44. The van der Waals surface area contributed by atoms with Crippen LogP contribution in [0.25, 0.3) is 0 Å². The molecule has 0 amide bonds. The fourth-order valence-electron chi connectivity index (χ4n) is 2.44. The number of aryl methyl sites for hydroxylation is 2. The zero-order valence-electron chi connectivity index (χ0n) is 11.2. The SMILES string of the molecule is CCCCCCC(CC)c1c(C)noc1C. The van der Waals surface area contributed by atoms with Gasteiger partial charge in [-0.05, 0) is 32.6 Å². The minimum absolute atomic E-state index is 0.642. The molecule has 1 aromatic heterocycles. The number of hydrogen-bond donors (Lipinski definition) is 0. The van der Waals surface area contributed by atoms with Gasteiger partial charge < -0.3 is 4.52 Å². The molecule has 2 nitrogen and oxygen atoms in total. The summed E-state index contributed by atoms with van der Waals surface area (Å²) in [5.41, 5.74) is 2.44. The number of nitrogens with zero attached hydrogens (tertiary/aromatic N) is 1. The van der Waals surface area contributed by atoms with Gasteiger partial charge in [0, 0.05) is 5.56 Å². The van der Waals surface area contributed by atoms with Crippen molar-refractivity contribution in [1.29, 1.82) is 0 Å². The number of hydrogen-bond acceptors (Lipinski definition) is 2. The molecular weight excluding hydrogens is 198 g/mol. The molecule has 0 aliphatic rings. The van der Waals surface area contributed by atoms with E-state index in [1.54, 1.807) is 0 Å². The van der Waals surface area contributed by atoms with Gasteiger partial charge in [-0.3, -0.25) is 0 Å². The largest absolute Gasteiger partial charge is 0.361 e. The lowest BCUT2D eigenvalue weighted by Crippen LogP contribution is -2.00. The topological polar surface area (TPSA) is 26.0 Å². The maximum Gasteiger partial charge on any atom is 0.137 e. The van der Waals surface area contributed by atoms with Crippen LogP contribution in [0.5, 0.6) is 0 Å². The zero-order valence-corrected chi connectivity index (χ0v) is 11.2. The van der Waals surface area contributed by atoms with Crippen molar-refractivity contribution in [3.63, 3.8) is 0 Å². The van der Waals surface area contributed by atoms with Crippen molar-refractivity contribution >= 4 is 0 Å². The Morgan fingerprint density at radius 2 is 1.88 bits per heavy atom. The van der Waals surface area contributed by atoms with E-state index < -0.39 is 0 Å². The first-order valence-corrected chi connectivity index (χ1v) is 6.63. The number of rotatable bonds is 7. The molecule has 1 atom stereocenters. The molecule has 0 N–H and O–H groups in total. The summed E-state index contributed by atoms with van der Waals surface area (Å²) in [4.78, 5) is 0. The molecule has 0 saturated carbocycles. The summed E-state index contributed by atoms with van der Waals surface area (Å²) < 4.78 is 5.26. The Balaban J connectivity index is 2.54. The molecule has 0 aliphatic heterocycles. The minimum Gasteiger partial charge on any atom is -0.361 e. The molecule has 1 rings (SSSR count). The summed E-state index contributed by atoms with van der Waals surface area (Å²) in [6, 6.07) is 0. The summed E-state index contributed by atoms with van der Waals surface area (Å²) in [5.74, 6) is 1.66. The van der Waals surface area contributed by atoms with E-state index in [1.165, 1.54) is 44.1 Å². The first-order chi connectivity index (χ1) is 7.70. The highest BCUT2D eigenvalue weighted by Gasteiger charge is 2.18. The second-order valence-electron chi connectivity index (χ2n) is 4.69. The van der Waals surface area contributed by atoms with Gasteiger partial charge in [-0.1, -0.05) is 44.7 Å². The number of unbranched alkanes of at least 4 members (excludes halogenated alkanes) is 3. The van der Waals surface area contributed by atoms with Gasteiger partial charge in [-0.15, -0.1) is 0 Å². The van der Waals surface area contributed by atoms with Crippen LogP contribution in [0, 0.1) is 13.8 Å². The van der Waals surface area contributed by atoms with E-state index in [9.17, 15) is 0 Å². The van der Waals surface area contributed by atoms with Crippen molar-refractivity contribution in [3.05, 3.63) is 17.0 Å². The lowest BCUT2D eigenvalue weighted by atomic mass is 9.90. The molecule has 1 unspecified atom stereocenters. The fraction of sp³-hybridized carbons (Fsp3) is 0.786. The van der Waals surface area contributed by atoms with E-state index in [0.29, 0.717) is 5.92 Å². The Kier molecular flexibility index (Phi) is 5.58. The molecule has 0 spiro atoms. The van der Waals surface area contributed by atoms with Gasteiger partial charge in [0.2, 0.25) is 0 Å². The molecule has 0 fully saturated rings. The smallest absolute Gasteiger partial charge is 0.137 e. The molecule has 0 bridgehead atoms. The van der Waals surface area contributed by atoms with Crippen molar-refractivity contribution < 1.29 is 4.52 Å². The lowest BCUT2D eigenvalue weighted by Gasteiger charge is -2.14. The van der Waals surface area contributed by atoms with Crippen molar-refractivity contribution in [2.24, 2.45) is 0 Å². The normalized spacial score (nSPS) is 13.0. The van der Waals surface area contributed by atoms with E-state index in [0.717, 1.165) is 11.5 Å². The van der Waals surface area contributed by atoms with Crippen LogP contribution in [0.4, 0.5) is 0 Å². The van der Waals surface area contributed by atoms with Crippen LogP contribution >= 0.6 is 0 Å². The monoisotopic (exact) mass is 223 g/mol. The molecular formula is C14H25NO. The van der Waals surface area contributed by atoms with Crippen molar-refractivity contribution in [1.82, 2.24) is 5.16 Å². The summed E-state index contributed by atoms with van der Waals surface area (Å²) in [6.07, 6.45) is 7.82. The number of aromatic nitrogens is 1. The second-order valence-corrected chi connectivity index (χ2v) is 4.69. The maximum absolute atomic E-state index is 5.26. The molecule has 2 heteroatoms. The van der Waals surface area contributed by atoms with Gasteiger partial charge >= 0.3 is 0 Å². The van der Waals surface area contributed by atoms with Gasteiger partial charge in [0.1, 0.15) is 5.76 Å². The van der Waals surface area contributed by atoms with Crippen molar-refractivity contribution in [2.75, 3.05) is 0 Å². The summed E-state index contributed by atoms with van der Waals surface area (Å²) in [7, 11) is 0. The first-order valence-electron chi connectivity index (χ1n) is 6.63. The highest BCUT2D eigenvalue weighted by molar-refractivity contribution is 5.25. The average Bonchev–Trinajstić information content (AvgIpc) is 2.60. The van der Waals surface area contributed by atoms with Crippen LogP contribution in [0.3, 0.4) is 0 Å². The van der Waals surface area contributed by atoms with Crippen LogP contribution in [0.1, 0.15) is 75.3 Å². The lowest BCUT2D eigenvalue weighted by molar-refractivity contribution is 0.390. The predicted molar refractivity (Wildman–Crippen MR) is 67.8 cm³/mol. The summed E-state index contributed by atoms with van der Waals surface area (Å²) in [5, 5.41) is 4.05. The molecule has 0 aliphatic carbocycles. The average molecular weight is 223 g/mol. The third-order valence-corrected chi connectivity index (χ3v) is 3.40. The highest BCUT2D eigenvalue weighted by Crippen LogP contribution is 2.30. The maximum atomic E-state index is 5.26. The van der Waals surface area contributed by atoms with E-state index in [2.05, 4.69) is 25.9 Å². The molecule has 16 heavy (non-hydrogen) atoms. The van der Waals surface area contributed by atoms with Gasteiger partial charge in [-0.2, -0.15) is 0 Å². The molecule has 1 aromatic rings. The molecule has 0 saturated heterocycles. The van der Waals surface area contributed by atoms with E-state index >= 15 is 0 Å². The Morgan fingerprint density at radius 1 is 1.12 bits per heavy atom. The van der Waals surface area contributed by atoms with Crippen LogP contribution < -0.4 is 0 Å². The summed E-state index contributed by atoms with van der Waals surface area (Å²) in [6.45, 7) is 8.60. The molecule has 1 heterocycles. The van der Waals surface area contributed by atoms with Crippen LogP contribution in [0.2, 0.25) is 0 Å². The quantitative estimate of drug-likeness (QED) is 0.623. The Labute approximate surface area is 99.4 Å². The van der Waals surface area contributed by atoms with E-state index in [4.69, 9.17) is 4.52 Å². The molecule has 0 radical (unpaired) electrons. The summed E-state index contributed by atoms with van der Waals surface area (Å²) >= 11 is 0. The van der Waals surface area contributed by atoms with Gasteiger partial charge in [0.25, 0.3) is 0 Å². The first kappa shape index (κ1) is 13.3. The van der Waals surface area contributed by atoms with Gasteiger partial charge in [0.15, 0.2) is 0 Å². The van der Waals surface area contributed by atoms with Crippen LogP contribution in [-0.2, 0) is 0 Å². The zero-order chi connectivity index (χ0) is 12.0. The highest BCUT2D eigenvalue weighted by atomic mass is 16.5. The third-order valence-electron chi connectivity index (χ3n) is 3.40. The predicted octanol–water partition coefficient (Wildman–Crippen LogP) is 4.76. The third kappa shape index (κ3) is 3.36. The Bertz CT molecular complexity index is 284. The Morgan fingerprint density at radius 3 is 2.38 bits per heavy atom. The molecule has 92 valence electrons. The van der Waals surface area contributed by atoms with Gasteiger partial charge in [0.05, 0.1) is 5.69 Å². The second kappa shape index (κ2) is 6.72. The van der Waals surface area contributed by atoms with Crippen LogP contribution in [-0.4, -0.2) is 5.16 Å². The Hall–Kier alpha value is -0.790.